The number of hydrogen-bond donors (Lipinski definition) is 2. The zero-order chi connectivity index (χ0) is 25.3. The fourth-order valence-corrected chi connectivity index (χ4v) is 3.87. The molecular weight excluding hydrogens is 459 g/mol. The van der Waals surface area contributed by atoms with Crippen LogP contribution in [0.3, 0.4) is 0 Å². The number of aliphatic imine (C=N–C) groups is 1. The van der Waals surface area contributed by atoms with E-state index in [0.29, 0.717) is 11.8 Å². The van der Waals surface area contributed by atoms with E-state index in [1.807, 2.05) is 0 Å². The van der Waals surface area contributed by atoms with Gasteiger partial charge in [-0.05, 0) is 49.4 Å². The van der Waals surface area contributed by atoms with Gasteiger partial charge in [-0.2, -0.15) is 13.2 Å². The number of rotatable bonds is 7. The number of aromatic amines is 1. The van der Waals surface area contributed by atoms with Gasteiger partial charge in [-0.15, -0.1) is 0 Å². The predicted molar refractivity (Wildman–Crippen MR) is 119 cm³/mol. The summed E-state index contributed by atoms with van der Waals surface area (Å²) < 4.78 is 75.3. The molecule has 2 atom stereocenters. The minimum atomic E-state index is -5.12. The number of nitrogens with one attached hydrogen (secondary N) is 1. The van der Waals surface area contributed by atoms with Crippen molar-refractivity contribution < 1.29 is 31.8 Å². The summed E-state index contributed by atoms with van der Waals surface area (Å²) in [5, 5.41) is 10.9. The van der Waals surface area contributed by atoms with Crippen LogP contribution in [-0.4, -0.2) is 35.2 Å². The number of halogens is 5. The lowest BCUT2D eigenvalue weighted by Crippen LogP contribution is -2.47. The van der Waals surface area contributed by atoms with E-state index in [9.17, 15) is 31.9 Å². The summed E-state index contributed by atoms with van der Waals surface area (Å²) in [6, 6.07) is 6.81. The van der Waals surface area contributed by atoms with Crippen LogP contribution in [0.1, 0.15) is 36.8 Å². The SMILES string of the molecule is CC[C@H](C[C@@](O)(/C=N/c1cc(F)cc2[nH]c(=O)ccc12)C(F)(F)F)c1ccc(F)c(C)c1OC. The Bertz CT molecular complexity index is 1290. The molecule has 1 heterocycles. The molecule has 5 nitrogen and oxygen atoms in total. The second kappa shape index (κ2) is 9.54. The maximum atomic E-state index is 14.0. The quantitative estimate of drug-likeness (QED) is 0.335. The van der Waals surface area contributed by atoms with Crippen LogP contribution in [0.25, 0.3) is 10.9 Å². The molecule has 2 aromatic carbocycles. The average molecular weight is 482 g/mol. The first kappa shape index (κ1) is 25.4. The van der Waals surface area contributed by atoms with E-state index in [1.54, 1.807) is 6.92 Å². The third-order valence-corrected chi connectivity index (χ3v) is 5.75. The Hall–Kier alpha value is -3.27. The first-order chi connectivity index (χ1) is 15.9. The highest BCUT2D eigenvalue weighted by Gasteiger charge is 2.53. The van der Waals surface area contributed by atoms with Crippen LogP contribution in [0.5, 0.6) is 5.75 Å². The molecule has 0 saturated heterocycles. The molecule has 0 aliphatic carbocycles. The highest BCUT2D eigenvalue weighted by atomic mass is 19.4. The van der Waals surface area contributed by atoms with Crippen LogP contribution >= 0.6 is 0 Å². The molecule has 1 aromatic heterocycles. The molecular formula is C24H23F5N2O3. The van der Waals surface area contributed by atoms with Gasteiger partial charge < -0.3 is 14.8 Å². The Balaban J connectivity index is 2.07. The summed E-state index contributed by atoms with van der Waals surface area (Å²) in [6.45, 7) is 3.08. The molecule has 0 amide bonds. The third kappa shape index (κ3) is 4.96. The van der Waals surface area contributed by atoms with Gasteiger partial charge in [-0.1, -0.05) is 13.0 Å². The van der Waals surface area contributed by atoms with E-state index in [2.05, 4.69) is 9.98 Å². The fourth-order valence-electron chi connectivity index (χ4n) is 3.87. The monoisotopic (exact) mass is 482 g/mol. The average Bonchev–Trinajstić information content (AvgIpc) is 2.76. The molecule has 0 aliphatic rings. The number of hydrogen-bond acceptors (Lipinski definition) is 4. The lowest BCUT2D eigenvalue weighted by molar-refractivity contribution is -0.232. The Morgan fingerprint density at radius 3 is 2.50 bits per heavy atom. The molecule has 0 aliphatic heterocycles. The Morgan fingerprint density at radius 2 is 1.88 bits per heavy atom. The first-order valence-electron chi connectivity index (χ1n) is 10.4. The standard InChI is InChI=1S/C24H23F5N2O3/c1-4-14(16-5-7-18(26)13(2)22(16)34-3)11-23(33,24(27,28)29)12-30-19-9-15(25)10-20-17(19)6-8-21(32)31-20/h5-10,12,14,33H,4,11H2,1-3H3,(H,31,32)/b30-12+/t14-,23-/m1/s1. The summed E-state index contributed by atoms with van der Waals surface area (Å²) in [6.07, 6.45) is -5.44. The van der Waals surface area contributed by atoms with Crippen molar-refractivity contribution in [3.8, 4) is 5.75 Å². The van der Waals surface area contributed by atoms with Gasteiger partial charge >= 0.3 is 6.18 Å². The molecule has 0 saturated carbocycles. The van der Waals surface area contributed by atoms with E-state index in [-0.39, 0.29) is 34.3 Å². The van der Waals surface area contributed by atoms with Gasteiger partial charge in [0.25, 0.3) is 0 Å². The van der Waals surface area contributed by atoms with Crippen LogP contribution in [-0.2, 0) is 0 Å². The van der Waals surface area contributed by atoms with Crippen molar-refractivity contribution in [2.45, 2.75) is 44.4 Å². The predicted octanol–water partition coefficient (Wildman–Crippen LogP) is 5.70. The Kier molecular flexibility index (Phi) is 7.11. The molecule has 10 heteroatoms. The molecule has 0 spiro atoms. The highest BCUT2D eigenvalue weighted by Crippen LogP contribution is 2.42. The number of H-pyrrole nitrogens is 1. The molecule has 2 N–H and O–H groups in total. The largest absolute Gasteiger partial charge is 0.496 e. The minimum Gasteiger partial charge on any atom is -0.496 e. The second-order valence-corrected chi connectivity index (χ2v) is 7.99. The van der Waals surface area contributed by atoms with Gasteiger partial charge in [0.05, 0.1) is 18.3 Å². The summed E-state index contributed by atoms with van der Waals surface area (Å²) >= 11 is 0. The number of aromatic nitrogens is 1. The van der Waals surface area contributed by atoms with Crippen LogP contribution in [0.4, 0.5) is 27.6 Å². The minimum absolute atomic E-state index is 0.0492. The van der Waals surface area contributed by atoms with Gasteiger partial charge in [0.2, 0.25) is 5.56 Å². The van der Waals surface area contributed by atoms with Gasteiger partial charge in [-0.3, -0.25) is 9.79 Å². The van der Waals surface area contributed by atoms with Crippen LogP contribution in [0, 0.1) is 18.6 Å². The molecule has 0 unspecified atom stereocenters. The number of pyridine rings is 1. The second-order valence-electron chi connectivity index (χ2n) is 7.99. The third-order valence-electron chi connectivity index (χ3n) is 5.75. The molecule has 0 fully saturated rings. The Labute approximate surface area is 191 Å². The van der Waals surface area contributed by atoms with E-state index < -0.39 is 41.3 Å². The number of methoxy groups -OCH3 is 1. The first-order valence-corrected chi connectivity index (χ1v) is 10.4. The van der Waals surface area contributed by atoms with Crippen molar-refractivity contribution in [3.63, 3.8) is 0 Å². The van der Waals surface area contributed by atoms with Crippen molar-refractivity contribution in [1.29, 1.82) is 0 Å². The summed E-state index contributed by atoms with van der Waals surface area (Å²) in [4.78, 5) is 17.7. The van der Waals surface area contributed by atoms with E-state index >= 15 is 0 Å². The fraction of sp³-hybridized carbons (Fsp3) is 0.333. The van der Waals surface area contributed by atoms with Crippen molar-refractivity contribution in [3.05, 3.63) is 69.5 Å². The van der Waals surface area contributed by atoms with Gasteiger partial charge in [-0.25, -0.2) is 8.78 Å². The zero-order valence-corrected chi connectivity index (χ0v) is 18.6. The van der Waals surface area contributed by atoms with Gasteiger partial charge in [0.15, 0.2) is 5.60 Å². The van der Waals surface area contributed by atoms with E-state index in [0.717, 1.165) is 24.3 Å². The van der Waals surface area contributed by atoms with Crippen LogP contribution < -0.4 is 10.3 Å². The molecule has 3 rings (SSSR count). The maximum Gasteiger partial charge on any atom is 0.422 e. The molecule has 0 bridgehead atoms. The smallest absolute Gasteiger partial charge is 0.422 e. The summed E-state index contributed by atoms with van der Waals surface area (Å²) in [7, 11) is 1.29. The van der Waals surface area contributed by atoms with Crippen LogP contribution in [0.15, 0.2) is 46.2 Å². The number of aliphatic hydroxyl groups is 1. The van der Waals surface area contributed by atoms with E-state index in [4.69, 9.17) is 4.74 Å². The van der Waals surface area contributed by atoms with Crippen molar-refractivity contribution in [2.75, 3.05) is 7.11 Å². The van der Waals surface area contributed by atoms with Crippen molar-refractivity contribution >= 4 is 22.8 Å². The number of fused-ring (bicyclic) bond motifs is 1. The molecule has 0 radical (unpaired) electrons. The molecule has 34 heavy (non-hydrogen) atoms. The maximum absolute atomic E-state index is 14.0. The van der Waals surface area contributed by atoms with Gasteiger partial charge in [0.1, 0.15) is 17.4 Å². The number of alkyl halides is 3. The topological polar surface area (TPSA) is 74.7 Å². The number of benzene rings is 2. The molecule has 3 aromatic rings. The number of nitrogens with zero attached hydrogens (tertiary/aromatic N) is 1. The Morgan fingerprint density at radius 1 is 1.18 bits per heavy atom. The summed E-state index contributed by atoms with van der Waals surface area (Å²) in [5.74, 6) is -2.16. The van der Waals surface area contributed by atoms with Crippen molar-refractivity contribution in [1.82, 2.24) is 4.98 Å². The lowest BCUT2D eigenvalue weighted by Gasteiger charge is -2.31. The molecule has 182 valence electrons. The normalized spacial score (nSPS) is 15.0. The van der Waals surface area contributed by atoms with Gasteiger partial charge in [0, 0.05) is 29.3 Å². The number of ether oxygens (including phenoxy) is 1. The highest BCUT2D eigenvalue weighted by molar-refractivity contribution is 5.92. The van der Waals surface area contributed by atoms with Crippen molar-refractivity contribution in [2.24, 2.45) is 4.99 Å². The lowest BCUT2D eigenvalue weighted by atomic mass is 9.83. The van der Waals surface area contributed by atoms with Crippen LogP contribution in [0.2, 0.25) is 0 Å². The zero-order valence-electron chi connectivity index (χ0n) is 18.6. The summed E-state index contributed by atoms with van der Waals surface area (Å²) in [5.41, 5.74) is -3.60. The van der Waals surface area contributed by atoms with E-state index in [1.165, 1.54) is 26.2 Å².